The molecule has 1 atom stereocenters. The predicted molar refractivity (Wildman–Crippen MR) is 87.2 cm³/mol. The molecule has 21 heavy (non-hydrogen) atoms. The van der Waals surface area contributed by atoms with Gasteiger partial charge in [-0.25, -0.2) is 0 Å². The molecule has 1 amide bonds. The van der Waals surface area contributed by atoms with Gasteiger partial charge in [-0.15, -0.1) is 0 Å². The molecule has 1 unspecified atom stereocenters. The Morgan fingerprint density at radius 1 is 1.43 bits per heavy atom. The smallest absolute Gasteiger partial charge is 0.238 e. The van der Waals surface area contributed by atoms with Crippen molar-refractivity contribution >= 4 is 28.8 Å². The summed E-state index contributed by atoms with van der Waals surface area (Å²) in [6.45, 7) is 2.41. The number of amides is 1. The van der Waals surface area contributed by atoms with E-state index < -0.39 is 0 Å². The summed E-state index contributed by atoms with van der Waals surface area (Å²) in [5.41, 5.74) is 7.06. The van der Waals surface area contributed by atoms with Gasteiger partial charge in [0, 0.05) is 24.4 Å². The van der Waals surface area contributed by atoms with E-state index in [2.05, 4.69) is 10.2 Å². The summed E-state index contributed by atoms with van der Waals surface area (Å²) in [6.07, 6.45) is 1.87. The third-order valence-electron chi connectivity index (χ3n) is 3.73. The molecule has 1 aliphatic rings. The molecule has 0 aliphatic carbocycles. The minimum Gasteiger partial charge on any atom is -0.396 e. The van der Waals surface area contributed by atoms with Crippen molar-refractivity contribution in [3.05, 3.63) is 29.8 Å². The Bertz CT molecular complexity index is 504. The van der Waals surface area contributed by atoms with Crippen LogP contribution >= 0.6 is 12.2 Å². The normalized spacial score (nSPS) is 18.6. The molecule has 5 nitrogen and oxygen atoms in total. The lowest BCUT2D eigenvalue weighted by Gasteiger charge is -2.15. The van der Waals surface area contributed by atoms with Gasteiger partial charge in [-0.2, -0.15) is 0 Å². The molecule has 114 valence electrons. The van der Waals surface area contributed by atoms with Gasteiger partial charge in [-0.1, -0.05) is 12.2 Å². The molecule has 0 bridgehead atoms. The number of nitrogens with zero attached hydrogens (tertiary/aromatic N) is 1. The number of rotatable bonds is 6. The summed E-state index contributed by atoms with van der Waals surface area (Å²) in [5.74, 6) is 0.482. The number of benzene rings is 1. The summed E-state index contributed by atoms with van der Waals surface area (Å²) in [6, 6.07) is 7.19. The van der Waals surface area contributed by atoms with E-state index in [1.807, 2.05) is 0 Å². The number of nitrogens with two attached hydrogens (primary N) is 1. The van der Waals surface area contributed by atoms with Gasteiger partial charge in [0.2, 0.25) is 5.91 Å². The van der Waals surface area contributed by atoms with E-state index >= 15 is 0 Å². The van der Waals surface area contributed by atoms with Crippen LogP contribution in [0.3, 0.4) is 0 Å². The topological polar surface area (TPSA) is 78.6 Å². The molecule has 1 aromatic carbocycles. The first-order chi connectivity index (χ1) is 10.1. The standard InChI is InChI=1S/C15H21N3O2S/c16-15(21)12-1-3-13(4-2-12)17-14(20)10-18-7-5-11(9-18)6-8-19/h1-4,11,19H,5-10H2,(H2,16,21)(H,17,20). The summed E-state index contributed by atoms with van der Waals surface area (Å²) >= 11 is 4.89. The van der Waals surface area contributed by atoms with Gasteiger partial charge in [0.1, 0.15) is 4.99 Å². The zero-order valence-electron chi connectivity index (χ0n) is 11.9. The van der Waals surface area contributed by atoms with Crippen molar-refractivity contribution in [2.24, 2.45) is 11.7 Å². The second-order valence-electron chi connectivity index (χ2n) is 5.39. The summed E-state index contributed by atoms with van der Waals surface area (Å²) in [5, 5.41) is 11.8. The average molecular weight is 307 g/mol. The van der Waals surface area contributed by atoms with Crippen molar-refractivity contribution in [3.8, 4) is 0 Å². The summed E-state index contributed by atoms with van der Waals surface area (Å²) < 4.78 is 0. The van der Waals surface area contributed by atoms with Gasteiger partial charge in [0.05, 0.1) is 6.54 Å². The third kappa shape index (κ3) is 4.77. The van der Waals surface area contributed by atoms with Crippen LogP contribution in [0.15, 0.2) is 24.3 Å². The third-order valence-corrected chi connectivity index (χ3v) is 3.96. The maximum absolute atomic E-state index is 12.0. The van der Waals surface area contributed by atoms with E-state index in [1.54, 1.807) is 24.3 Å². The van der Waals surface area contributed by atoms with Crippen molar-refractivity contribution in [1.82, 2.24) is 4.90 Å². The van der Waals surface area contributed by atoms with Crippen molar-refractivity contribution in [2.45, 2.75) is 12.8 Å². The lowest BCUT2D eigenvalue weighted by atomic mass is 10.1. The fourth-order valence-corrected chi connectivity index (χ4v) is 2.73. The number of carbonyl (C=O) groups is 1. The molecule has 6 heteroatoms. The van der Waals surface area contributed by atoms with Crippen LogP contribution < -0.4 is 11.1 Å². The Hall–Kier alpha value is -1.50. The molecule has 4 N–H and O–H groups in total. The second-order valence-corrected chi connectivity index (χ2v) is 5.83. The fourth-order valence-electron chi connectivity index (χ4n) is 2.60. The molecule has 1 aromatic rings. The quantitative estimate of drug-likeness (QED) is 0.682. The number of hydrogen-bond donors (Lipinski definition) is 3. The van der Waals surface area contributed by atoms with Crippen LogP contribution in [-0.2, 0) is 4.79 Å². The number of thiocarbonyl (C=S) groups is 1. The number of hydrogen-bond acceptors (Lipinski definition) is 4. The maximum Gasteiger partial charge on any atom is 0.238 e. The highest BCUT2D eigenvalue weighted by molar-refractivity contribution is 7.80. The van der Waals surface area contributed by atoms with Crippen LogP contribution in [0.2, 0.25) is 0 Å². The van der Waals surface area contributed by atoms with E-state index in [0.717, 1.165) is 37.2 Å². The first-order valence-corrected chi connectivity index (χ1v) is 7.52. The molecule has 1 saturated heterocycles. The number of aliphatic hydroxyl groups is 1. The Labute approximate surface area is 130 Å². The van der Waals surface area contributed by atoms with E-state index in [-0.39, 0.29) is 12.5 Å². The largest absolute Gasteiger partial charge is 0.396 e. The van der Waals surface area contributed by atoms with E-state index in [9.17, 15) is 4.79 Å². The first-order valence-electron chi connectivity index (χ1n) is 7.11. The number of aliphatic hydroxyl groups excluding tert-OH is 1. The van der Waals surface area contributed by atoms with Gasteiger partial charge in [0.25, 0.3) is 0 Å². The van der Waals surface area contributed by atoms with Crippen LogP contribution in [0, 0.1) is 5.92 Å². The molecular formula is C15H21N3O2S. The van der Waals surface area contributed by atoms with Gasteiger partial charge >= 0.3 is 0 Å². The van der Waals surface area contributed by atoms with Gasteiger partial charge in [-0.05, 0) is 49.6 Å². The first kappa shape index (κ1) is 15.9. The number of nitrogens with one attached hydrogen (secondary N) is 1. The van der Waals surface area contributed by atoms with Crippen molar-refractivity contribution in [3.63, 3.8) is 0 Å². The highest BCUT2D eigenvalue weighted by atomic mass is 32.1. The number of anilines is 1. The molecule has 1 fully saturated rings. The summed E-state index contributed by atoms with van der Waals surface area (Å²) in [7, 11) is 0. The Kier molecular flexibility index (Phi) is 5.67. The van der Waals surface area contributed by atoms with Crippen molar-refractivity contribution in [1.29, 1.82) is 0 Å². The highest BCUT2D eigenvalue weighted by Crippen LogP contribution is 2.19. The van der Waals surface area contributed by atoms with Crippen molar-refractivity contribution in [2.75, 3.05) is 31.6 Å². The number of carbonyl (C=O) groups excluding carboxylic acids is 1. The van der Waals surface area contributed by atoms with Crippen LogP contribution in [-0.4, -0.2) is 47.1 Å². The fraction of sp³-hybridized carbons (Fsp3) is 0.467. The molecule has 0 spiro atoms. The molecule has 1 aliphatic heterocycles. The van der Waals surface area contributed by atoms with E-state index in [4.69, 9.17) is 23.1 Å². The molecule has 1 heterocycles. The molecule has 0 aromatic heterocycles. The van der Waals surface area contributed by atoms with Crippen LogP contribution in [0.1, 0.15) is 18.4 Å². The van der Waals surface area contributed by atoms with Gasteiger partial charge in [0.15, 0.2) is 0 Å². The highest BCUT2D eigenvalue weighted by Gasteiger charge is 2.23. The zero-order chi connectivity index (χ0) is 15.2. The molecule has 0 radical (unpaired) electrons. The Morgan fingerprint density at radius 3 is 2.76 bits per heavy atom. The second kappa shape index (κ2) is 7.49. The summed E-state index contributed by atoms with van der Waals surface area (Å²) in [4.78, 5) is 14.5. The van der Waals surface area contributed by atoms with E-state index in [0.29, 0.717) is 17.5 Å². The molecular weight excluding hydrogens is 286 g/mol. The Morgan fingerprint density at radius 2 is 2.14 bits per heavy atom. The van der Waals surface area contributed by atoms with Gasteiger partial charge in [-0.3, -0.25) is 9.69 Å². The van der Waals surface area contributed by atoms with Gasteiger partial charge < -0.3 is 16.2 Å². The van der Waals surface area contributed by atoms with Crippen LogP contribution in [0.25, 0.3) is 0 Å². The monoisotopic (exact) mass is 307 g/mol. The van der Waals surface area contributed by atoms with E-state index in [1.165, 1.54) is 0 Å². The molecule has 2 rings (SSSR count). The maximum atomic E-state index is 12.0. The Balaban J connectivity index is 1.80. The van der Waals surface area contributed by atoms with Crippen LogP contribution in [0.4, 0.5) is 5.69 Å². The van der Waals surface area contributed by atoms with Crippen LogP contribution in [0.5, 0.6) is 0 Å². The lowest BCUT2D eigenvalue weighted by Crippen LogP contribution is -2.31. The number of likely N-dealkylation sites (tertiary alicyclic amines) is 1. The predicted octanol–water partition coefficient (Wildman–Crippen LogP) is 0.964. The average Bonchev–Trinajstić information content (AvgIpc) is 2.87. The zero-order valence-corrected chi connectivity index (χ0v) is 12.7. The molecule has 0 saturated carbocycles. The van der Waals surface area contributed by atoms with Crippen molar-refractivity contribution < 1.29 is 9.90 Å². The lowest BCUT2D eigenvalue weighted by molar-refractivity contribution is -0.117. The minimum absolute atomic E-state index is 0.0253. The minimum atomic E-state index is -0.0253. The SMILES string of the molecule is NC(=S)c1ccc(NC(=O)CN2CCC(CCO)C2)cc1.